The standard InChI is InChI=1S/C22H30N2O5S/c1-4-29-21-12-11-20(15-18(21)2)30(26,27)24(16-19-9-6-5-7-10-19)17-22(25)23-13-8-14-28-3/h5-7,9-12,15H,4,8,13-14,16-17H2,1-3H3,(H,23,25). The number of ether oxygens (including phenoxy) is 2. The Morgan fingerprint density at radius 2 is 1.87 bits per heavy atom. The third-order valence-electron chi connectivity index (χ3n) is 4.45. The van der Waals surface area contributed by atoms with Crippen LogP contribution in [0.3, 0.4) is 0 Å². The van der Waals surface area contributed by atoms with Crippen LogP contribution in [-0.2, 0) is 26.1 Å². The first-order valence-electron chi connectivity index (χ1n) is 9.91. The molecule has 0 aliphatic carbocycles. The molecule has 7 nitrogen and oxygen atoms in total. The van der Waals surface area contributed by atoms with E-state index in [1.54, 1.807) is 26.2 Å². The van der Waals surface area contributed by atoms with Crippen LogP contribution in [0.5, 0.6) is 5.75 Å². The summed E-state index contributed by atoms with van der Waals surface area (Å²) in [5.74, 6) is 0.287. The highest BCUT2D eigenvalue weighted by Gasteiger charge is 2.27. The molecule has 1 N–H and O–H groups in total. The Morgan fingerprint density at radius 1 is 1.13 bits per heavy atom. The summed E-state index contributed by atoms with van der Waals surface area (Å²) in [7, 11) is -2.30. The maximum Gasteiger partial charge on any atom is 0.243 e. The van der Waals surface area contributed by atoms with E-state index in [-0.39, 0.29) is 23.9 Å². The summed E-state index contributed by atoms with van der Waals surface area (Å²) in [6.45, 7) is 4.95. The monoisotopic (exact) mass is 434 g/mol. The van der Waals surface area contributed by atoms with Crippen LogP contribution >= 0.6 is 0 Å². The normalized spacial score (nSPS) is 11.5. The van der Waals surface area contributed by atoms with Crippen molar-refractivity contribution in [2.45, 2.75) is 31.7 Å². The molecule has 0 saturated heterocycles. The van der Waals surface area contributed by atoms with Crippen LogP contribution in [0.15, 0.2) is 53.4 Å². The molecule has 0 aliphatic heterocycles. The molecule has 0 atom stereocenters. The fourth-order valence-corrected chi connectivity index (χ4v) is 4.39. The molecule has 2 rings (SSSR count). The van der Waals surface area contributed by atoms with Crippen molar-refractivity contribution in [2.75, 3.05) is 33.4 Å². The number of sulfonamides is 1. The van der Waals surface area contributed by atoms with Crippen LogP contribution in [0.25, 0.3) is 0 Å². The molecule has 2 aromatic carbocycles. The summed E-state index contributed by atoms with van der Waals surface area (Å²) >= 11 is 0. The van der Waals surface area contributed by atoms with E-state index >= 15 is 0 Å². The van der Waals surface area contributed by atoms with Gasteiger partial charge >= 0.3 is 0 Å². The maximum atomic E-state index is 13.4. The summed E-state index contributed by atoms with van der Waals surface area (Å²) in [5, 5.41) is 2.75. The highest BCUT2D eigenvalue weighted by molar-refractivity contribution is 7.89. The Kier molecular flexibility index (Phi) is 9.29. The van der Waals surface area contributed by atoms with E-state index in [0.717, 1.165) is 11.1 Å². The van der Waals surface area contributed by atoms with E-state index in [0.29, 0.717) is 31.9 Å². The number of nitrogens with zero attached hydrogens (tertiary/aromatic N) is 1. The highest BCUT2D eigenvalue weighted by Crippen LogP contribution is 2.25. The number of carbonyl (C=O) groups excluding carboxylic acids is 1. The number of nitrogens with one attached hydrogen (secondary N) is 1. The van der Waals surface area contributed by atoms with E-state index in [1.165, 1.54) is 10.4 Å². The van der Waals surface area contributed by atoms with Crippen molar-refractivity contribution in [3.63, 3.8) is 0 Å². The fraction of sp³-hybridized carbons (Fsp3) is 0.409. The van der Waals surface area contributed by atoms with Crippen LogP contribution in [0.2, 0.25) is 0 Å². The second-order valence-electron chi connectivity index (χ2n) is 6.82. The zero-order valence-electron chi connectivity index (χ0n) is 17.8. The van der Waals surface area contributed by atoms with Crippen LogP contribution in [0.4, 0.5) is 0 Å². The van der Waals surface area contributed by atoms with Gasteiger partial charge in [0.05, 0.1) is 18.0 Å². The van der Waals surface area contributed by atoms with Crippen LogP contribution in [-0.4, -0.2) is 52.0 Å². The third kappa shape index (κ3) is 6.83. The van der Waals surface area contributed by atoms with Gasteiger partial charge < -0.3 is 14.8 Å². The van der Waals surface area contributed by atoms with Gasteiger partial charge in [0.25, 0.3) is 0 Å². The number of hydrogen-bond donors (Lipinski definition) is 1. The highest BCUT2D eigenvalue weighted by atomic mass is 32.2. The Labute approximate surface area is 179 Å². The van der Waals surface area contributed by atoms with E-state index in [1.807, 2.05) is 37.3 Å². The number of rotatable bonds is 12. The Hall–Kier alpha value is -2.42. The number of benzene rings is 2. The Morgan fingerprint density at radius 3 is 2.50 bits per heavy atom. The molecule has 2 aromatic rings. The zero-order chi connectivity index (χ0) is 22.0. The summed E-state index contributed by atoms with van der Waals surface area (Å²) in [5.41, 5.74) is 1.53. The van der Waals surface area contributed by atoms with Gasteiger partial charge in [-0.05, 0) is 49.6 Å². The second-order valence-corrected chi connectivity index (χ2v) is 8.75. The van der Waals surface area contributed by atoms with Gasteiger partial charge in [-0.15, -0.1) is 0 Å². The predicted molar refractivity (Wildman–Crippen MR) is 116 cm³/mol. The molecule has 0 spiro atoms. The van der Waals surface area contributed by atoms with Gasteiger partial charge in [0.15, 0.2) is 0 Å². The first kappa shape index (κ1) is 23.9. The smallest absolute Gasteiger partial charge is 0.243 e. The minimum Gasteiger partial charge on any atom is -0.494 e. The lowest BCUT2D eigenvalue weighted by Gasteiger charge is -2.22. The molecular formula is C22H30N2O5S. The van der Waals surface area contributed by atoms with Crippen molar-refractivity contribution in [1.82, 2.24) is 9.62 Å². The average molecular weight is 435 g/mol. The minimum absolute atomic E-state index is 0.0981. The molecule has 164 valence electrons. The van der Waals surface area contributed by atoms with Gasteiger partial charge in [0.2, 0.25) is 15.9 Å². The number of hydrogen-bond acceptors (Lipinski definition) is 5. The number of carbonyl (C=O) groups is 1. The van der Waals surface area contributed by atoms with Gasteiger partial charge in [-0.25, -0.2) is 8.42 Å². The average Bonchev–Trinajstić information content (AvgIpc) is 2.73. The van der Waals surface area contributed by atoms with Gasteiger partial charge in [-0.3, -0.25) is 4.79 Å². The largest absolute Gasteiger partial charge is 0.494 e. The lowest BCUT2D eigenvalue weighted by molar-refractivity contribution is -0.121. The summed E-state index contributed by atoms with van der Waals surface area (Å²) in [6, 6.07) is 14.0. The van der Waals surface area contributed by atoms with E-state index < -0.39 is 10.0 Å². The summed E-state index contributed by atoms with van der Waals surface area (Å²) in [6.07, 6.45) is 0.658. The Balaban J connectivity index is 2.25. The Bertz CT molecular complexity index is 916. The molecule has 0 radical (unpaired) electrons. The van der Waals surface area contributed by atoms with E-state index in [9.17, 15) is 13.2 Å². The fourth-order valence-electron chi connectivity index (χ4n) is 2.92. The molecule has 8 heteroatoms. The quantitative estimate of drug-likeness (QED) is 0.519. The molecule has 1 amide bonds. The lowest BCUT2D eigenvalue weighted by Crippen LogP contribution is -2.40. The molecule has 0 fully saturated rings. The van der Waals surface area contributed by atoms with Gasteiger partial charge in [-0.1, -0.05) is 30.3 Å². The molecule has 30 heavy (non-hydrogen) atoms. The summed E-state index contributed by atoms with van der Waals surface area (Å²) in [4.78, 5) is 12.5. The number of amides is 1. The van der Waals surface area contributed by atoms with Crippen molar-refractivity contribution < 1.29 is 22.7 Å². The van der Waals surface area contributed by atoms with E-state index in [4.69, 9.17) is 9.47 Å². The van der Waals surface area contributed by atoms with E-state index in [2.05, 4.69) is 5.32 Å². The van der Waals surface area contributed by atoms with Gasteiger partial charge in [-0.2, -0.15) is 4.31 Å². The topological polar surface area (TPSA) is 84.9 Å². The van der Waals surface area contributed by atoms with Crippen molar-refractivity contribution in [1.29, 1.82) is 0 Å². The lowest BCUT2D eigenvalue weighted by atomic mass is 10.2. The second kappa shape index (κ2) is 11.7. The molecular weight excluding hydrogens is 404 g/mol. The number of methoxy groups -OCH3 is 1. The molecule has 0 aromatic heterocycles. The first-order valence-corrected chi connectivity index (χ1v) is 11.4. The molecule has 0 aliphatic rings. The molecule has 0 unspecified atom stereocenters. The molecule has 0 saturated carbocycles. The van der Waals surface area contributed by atoms with Crippen molar-refractivity contribution in [3.8, 4) is 5.75 Å². The summed E-state index contributed by atoms with van der Waals surface area (Å²) < 4.78 is 38.4. The molecule has 0 heterocycles. The van der Waals surface area contributed by atoms with Gasteiger partial charge in [0.1, 0.15) is 5.75 Å². The minimum atomic E-state index is -3.89. The SMILES string of the molecule is CCOc1ccc(S(=O)(=O)N(CC(=O)NCCCOC)Cc2ccccc2)cc1C. The van der Waals surface area contributed by atoms with Crippen molar-refractivity contribution >= 4 is 15.9 Å². The van der Waals surface area contributed by atoms with Crippen molar-refractivity contribution in [3.05, 3.63) is 59.7 Å². The van der Waals surface area contributed by atoms with Crippen LogP contribution in [0, 0.1) is 6.92 Å². The molecule has 0 bridgehead atoms. The van der Waals surface area contributed by atoms with Crippen LogP contribution < -0.4 is 10.1 Å². The van der Waals surface area contributed by atoms with Crippen molar-refractivity contribution in [2.24, 2.45) is 0 Å². The number of aryl methyl sites for hydroxylation is 1. The van der Waals surface area contributed by atoms with Crippen LogP contribution in [0.1, 0.15) is 24.5 Å². The zero-order valence-corrected chi connectivity index (χ0v) is 18.6. The maximum absolute atomic E-state index is 13.4. The predicted octanol–water partition coefficient (Wildman–Crippen LogP) is 2.74. The first-order chi connectivity index (χ1) is 14.4. The van der Waals surface area contributed by atoms with Gasteiger partial charge in [0, 0.05) is 26.8 Å². The third-order valence-corrected chi connectivity index (χ3v) is 6.24.